The highest BCUT2D eigenvalue weighted by Crippen LogP contribution is 2.27. The first kappa shape index (κ1) is 12.1. The predicted octanol–water partition coefficient (Wildman–Crippen LogP) is 0.510. The second-order valence-corrected chi connectivity index (χ2v) is 4.65. The zero-order valence-corrected chi connectivity index (χ0v) is 9.98. The van der Waals surface area contributed by atoms with Crippen LogP contribution in [0.15, 0.2) is 10.6 Å². The third-order valence-corrected chi connectivity index (χ3v) is 3.14. The smallest absolute Gasteiger partial charge is 0.287 e. The Bertz CT molecular complexity index is 387. The van der Waals surface area contributed by atoms with Crippen LogP contribution in [0.25, 0.3) is 0 Å². The summed E-state index contributed by atoms with van der Waals surface area (Å²) < 4.78 is 5.08. The summed E-state index contributed by atoms with van der Waals surface area (Å²) in [5.74, 6) is 6.09. The number of hydrazine groups is 1. The summed E-state index contributed by atoms with van der Waals surface area (Å²) >= 11 is 0. The molecule has 1 fully saturated rings. The van der Waals surface area contributed by atoms with E-state index in [1.165, 1.54) is 19.3 Å². The first-order valence-corrected chi connectivity index (χ1v) is 5.84. The number of rotatable bonds is 5. The van der Waals surface area contributed by atoms with Crippen molar-refractivity contribution in [2.24, 2.45) is 11.8 Å². The normalized spacial score (nSPS) is 15.9. The minimum Gasteiger partial charge on any atom is -0.359 e. The zero-order chi connectivity index (χ0) is 12.3. The van der Waals surface area contributed by atoms with Crippen LogP contribution in [0, 0.1) is 5.92 Å². The van der Waals surface area contributed by atoms with Crippen molar-refractivity contribution in [2.45, 2.75) is 25.8 Å². The lowest BCUT2D eigenvalue weighted by molar-refractivity contribution is 0.0944. The minimum absolute atomic E-state index is 0.222. The van der Waals surface area contributed by atoms with E-state index in [1.807, 2.05) is 12.5 Å². The second kappa shape index (κ2) is 5.29. The number of nitrogen functional groups attached to an aromatic ring is 1. The summed E-state index contributed by atoms with van der Waals surface area (Å²) in [6.07, 6.45) is 3.99. The molecule has 2 rings (SSSR count). The molecule has 1 amide bonds. The number of carbonyl (C=O) groups excluding carboxylic acids is 1. The largest absolute Gasteiger partial charge is 0.359 e. The average Bonchev–Trinajstić information content (AvgIpc) is 2.71. The highest BCUT2D eigenvalue weighted by atomic mass is 16.5. The van der Waals surface area contributed by atoms with E-state index in [4.69, 9.17) is 10.4 Å². The molecule has 1 aliphatic rings. The molecule has 0 aliphatic heterocycles. The van der Waals surface area contributed by atoms with Gasteiger partial charge in [-0.3, -0.25) is 15.1 Å². The lowest BCUT2D eigenvalue weighted by Crippen LogP contribution is -2.30. The highest BCUT2D eigenvalue weighted by Gasteiger charge is 2.20. The molecule has 0 atom stereocenters. The minimum atomic E-state index is -0.429. The van der Waals surface area contributed by atoms with Crippen LogP contribution >= 0.6 is 0 Å². The molecule has 94 valence electrons. The monoisotopic (exact) mass is 238 g/mol. The van der Waals surface area contributed by atoms with Gasteiger partial charge in [-0.15, -0.1) is 0 Å². The third kappa shape index (κ3) is 3.04. The molecular weight excluding hydrogens is 220 g/mol. The second-order valence-electron chi connectivity index (χ2n) is 4.65. The molecule has 3 N–H and O–H groups in total. The molecule has 0 bridgehead atoms. The van der Waals surface area contributed by atoms with Gasteiger partial charge >= 0.3 is 0 Å². The van der Waals surface area contributed by atoms with Gasteiger partial charge in [-0.2, -0.15) is 0 Å². The van der Waals surface area contributed by atoms with Gasteiger partial charge in [0.25, 0.3) is 5.91 Å². The first-order chi connectivity index (χ1) is 8.19. The van der Waals surface area contributed by atoms with Crippen molar-refractivity contribution in [1.82, 2.24) is 15.5 Å². The van der Waals surface area contributed by atoms with Crippen LogP contribution in [0.4, 0.5) is 0 Å². The fourth-order valence-corrected chi connectivity index (χ4v) is 2.02. The fourth-order valence-electron chi connectivity index (χ4n) is 2.02. The van der Waals surface area contributed by atoms with Crippen molar-refractivity contribution >= 4 is 5.91 Å². The number of nitrogens with one attached hydrogen (secondary N) is 1. The number of hydrogen-bond acceptors (Lipinski definition) is 5. The van der Waals surface area contributed by atoms with Crippen molar-refractivity contribution in [1.29, 1.82) is 0 Å². The van der Waals surface area contributed by atoms with Crippen LogP contribution in [0.1, 0.15) is 35.5 Å². The van der Waals surface area contributed by atoms with Gasteiger partial charge in [0, 0.05) is 12.6 Å². The Morgan fingerprint density at radius 1 is 1.71 bits per heavy atom. The molecule has 0 aromatic carbocycles. The van der Waals surface area contributed by atoms with Gasteiger partial charge in [0.15, 0.2) is 11.5 Å². The Balaban J connectivity index is 1.85. The summed E-state index contributed by atoms with van der Waals surface area (Å²) in [4.78, 5) is 13.4. The van der Waals surface area contributed by atoms with E-state index in [0.717, 1.165) is 12.5 Å². The van der Waals surface area contributed by atoms with E-state index in [1.54, 1.807) is 6.07 Å². The summed E-state index contributed by atoms with van der Waals surface area (Å²) in [6.45, 7) is 1.74. The standard InChI is InChI=1S/C11H18N4O2/c1-15(6-8-3-2-4-8)7-9-5-10(14-17-9)11(16)13-12/h5,8H,2-4,6-7,12H2,1H3,(H,13,16). The molecule has 1 aromatic heterocycles. The Labute approximate surface area is 100 Å². The van der Waals surface area contributed by atoms with Crippen LogP contribution in [0.3, 0.4) is 0 Å². The number of amides is 1. The Morgan fingerprint density at radius 2 is 2.47 bits per heavy atom. The van der Waals surface area contributed by atoms with Gasteiger partial charge < -0.3 is 4.52 Å². The van der Waals surface area contributed by atoms with Crippen molar-refractivity contribution in [2.75, 3.05) is 13.6 Å². The highest BCUT2D eigenvalue weighted by molar-refractivity contribution is 5.91. The van der Waals surface area contributed by atoms with Crippen LogP contribution in [-0.4, -0.2) is 29.6 Å². The molecule has 17 heavy (non-hydrogen) atoms. The SMILES string of the molecule is CN(Cc1cc(C(=O)NN)no1)CC1CCC1. The van der Waals surface area contributed by atoms with Crippen LogP contribution in [0.5, 0.6) is 0 Å². The molecule has 6 nitrogen and oxygen atoms in total. The van der Waals surface area contributed by atoms with Crippen molar-refractivity contribution in [3.05, 3.63) is 17.5 Å². The van der Waals surface area contributed by atoms with Gasteiger partial charge in [0.05, 0.1) is 6.54 Å². The fraction of sp³-hybridized carbons (Fsp3) is 0.636. The van der Waals surface area contributed by atoms with Crippen LogP contribution in [0.2, 0.25) is 0 Å². The van der Waals surface area contributed by atoms with E-state index in [-0.39, 0.29) is 5.69 Å². The maximum Gasteiger partial charge on any atom is 0.287 e. The Morgan fingerprint density at radius 3 is 3.06 bits per heavy atom. The lowest BCUT2D eigenvalue weighted by Gasteiger charge is -2.29. The van der Waals surface area contributed by atoms with Crippen LogP contribution in [-0.2, 0) is 6.54 Å². The van der Waals surface area contributed by atoms with Crippen LogP contribution < -0.4 is 11.3 Å². The van der Waals surface area contributed by atoms with E-state index in [9.17, 15) is 4.79 Å². The molecular formula is C11H18N4O2. The summed E-state index contributed by atoms with van der Waals surface area (Å²) in [7, 11) is 2.05. The molecule has 0 unspecified atom stereocenters. The molecule has 0 spiro atoms. The van der Waals surface area contributed by atoms with Crippen molar-refractivity contribution in [3.8, 4) is 0 Å². The average molecular weight is 238 g/mol. The third-order valence-electron chi connectivity index (χ3n) is 3.14. The molecule has 1 aliphatic carbocycles. The van der Waals surface area contributed by atoms with Gasteiger partial charge in [-0.1, -0.05) is 11.6 Å². The molecule has 1 saturated carbocycles. The van der Waals surface area contributed by atoms with Gasteiger partial charge in [-0.25, -0.2) is 5.84 Å². The zero-order valence-electron chi connectivity index (χ0n) is 9.98. The predicted molar refractivity (Wildman–Crippen MR) is 61.8 cm³/mol. The maximum absolute atomic E-state index is 11.2. The summed E-state index contributed by atoms with van der Waals surface area (Å²) in [5.41, 5.74) is 2.25. The molecule has 0 radical (unpaired) electrons. The van der Waals surface area contributed by atoms with Gasteiger partial charge in [0.1, 0.15) is 0 Å². The molecule has 0 saturated heterocycles. The van der Waals surface area contributed by atoms with Crippen molar-refractivity contribution < 1.29 is 9.32 Å². The van der Waals surface area contributed by atoms with E-state index >= 15 is 0 Å². The number of nitrogens with two attached hydrogens (primary N) is 1. The number of carbonyl (C=O) groups is 1. The number of nitrogens with zero attached hydrogens (tertiary/aromatic N) is 2. The lowest BCUT2D eigenvalue weighted by atomic mass is 9.85. The Kier molecular flexibility index (Phi) is 3.75. The number of aromatic nitrogens is 1. The first-order valence-electron chi connectivity index (χ1n) is 5.84. The molecule has 1 heterocycles. The summed E-state index contributed by atoms with van der Waals surface area (Å²) in [6, 6.07) is 1.62. The quantitative estimate of drug-likeness (QED) is 0.443. The molecule has 1 aromatic rings. The van der Waals surface area contributed by atoms with E-state index < -0.39 is 5.91 Å². The number of hydrogen-bond donors (Lipinski definition) is 2. The van der Waals surface area contributed by atoms with Gasteiger partial charge in [-0.05, 0) is 25.8 Å². The van der Waals surface area contributed by atoms with E-state index in [0.29, 0.717) is 12.3 Å². The van der Waals surface area contributed by atoms with E-state index in [2.05, 4.69) is 10.1 Å². The maximum atomic E-state index is 11.2. The summed E-state index contributed by atoms with van der Waals surface area (Å²) in [5, 5.41) is 3.66. The van der Waals surface area contributed by atoms with Gasteiger partial charge in [0.2, 0.25) is 0 Å². The molecule has 6 heteroatoms. The Hall–Kier alpha value is -1.40. The topological polar surface area (TPSA) is 84.4 Å². The van der Waals surface area contributed by atoms with Crippen molar-refractivity contribution in [3.63, 3.8) is 0 Å².